The quantitative estimate of drug-likeness (QED) is 0.816. The molecule has 17 heavy (non-hydrogen) atoms. The maximum absolute atomic E-state index is 12.0. The number of thiophene rings is 1. The van der Waals surface area contributed by atoms with Gasteiger partial charge in [-0.3, -0.25) is 4.79 Å². The van der Waals surface area contributed by atoms with Gasteiger partial charge in [-0.1, -0.05) is 13.8 Å². The van der Waals surface area contributed by atoms with Crippen LogP contribution in [-0.2, 0) is 0 Å². The van der Waals surface area contributed by atoms with Crippen molar-refractivity contribution in [1.29, 1.82) is 0 Å². The molecule has 1 aromatic rings. The Hall–Kier alpha value is -1.07. The minimum atomic E-state index is -0.104. The average molecular weight is 256 g/mol. The second-order valence-electron chi connectivity index (χ2n) is 4.35. The number of carbonyl (C=O) groups is 1. The highest BCUT2D eigenvalue weighted by molar-refractivity contribution is 7.12. The predicted molar refractivity (Wildman–Crippen MR) is 70.6 cm³/mol. The summed E-state index contributed by atoms with van der Waals surface area (Å²) in [7, 11) is 1.56. The molecule has 0 fully saturated rings. The van der Waals surface area contributed by atoms with Crippen LogP contribution in [0.4, 0.5) is 0 Å². The summed E-state index contributed by atoms with van der Waals surface area (Å²) in [6.45, 7) is 4.68. The van der Waals surface area contributed by atoms with Crippen molar-refractivity contribution in [2.75, 3.05) is 13.7 Å². The third-order valence-electron chi connectivity index (χ3n) is 2.43. The van der Waals surface area contributed by atoms with Gasteiger partial charge >= 0.3 is 0 Å². The number of amides is 1. The van der Waals surface area contributed by atoms with Gasteiger partial charge in [0, 0.05) is 12.6 Å². The zero-order valence-electron chi connectivity index (χ0n) is 10.5. The van der Waals surface area contributed by atoms with Crippen LogP contribution in [0.15, 0.2) is 11.4 Å². The lowest BCUT2D eigenvalue weighted by Gasteiger charge is -2.18. The maximum atomic E-state index is 12.0. The summed E-state index contributed by atoms with van der Waals surface area (Å²) in [5.74, 6) is 1.02. The van der Waals surface area contributed by atoms with Gasteiger partial charge in [-0.25, -0.2) is 0 Å². The van der Waals surface area contributed by atoms with Crippen molar-refractivity contribution in [3.63, 3.8) is 0 Å². The zero-order chi connectivity index (χ0) is 12.8. The molecule has 1 aromatic heterocycles. The van der Waals surface area contributed by atoms with E-state index in [1.165, 1.54) is 11.3 Å². The van der Waals surface area contributed by atoms with E-state index in [2.05, 4.69) is 19.2 Å². The van der Waals surface area contributed by atoms with Crippen molar-refractivity contribution >= 4 is 17.2 Å². The number of methoxy groups -OCH3 is 1. The monoisotopic (exact) mass is 256 g/mol. The highest BCUT2D eigenvalue weighted by Crippen LogP contribution is 2.24. The van der Waals surface area contributed by atoms with Crippen LogP contribution in [-0.4, -0.2) is 25.6 Å². The van der Waals surface area contributed by atoms with Gasteiger partial charge < -0.3 is 15.8 Å². The van der Waals surface area contributed by atoms with Gasteiger partial charge in [-0.05, 0) is 23.8 Å². The largest absolute Gasteiger partial charge is 0.495 e. The highest BCUT2D eigenvalue weighted by atomic mass is 32.1. The standard InChI is InChI=1S/C12H20N2O2S/c1-8(2)6-9(7-13)14-12(15)11-10(16-3)4-5-17-11/h4-5,8-9H,6-7,13H2,1-3H3,(H,14,15). The number of hydrogen-bond acceptors (Lipinski definition) is 4. The van der Waals surface area contributed by atoms with Crippen LogP contribution in [0.25, 0.3) is 0 Å². The minimum absolute atomic E-state index is 0.0225. The van der Waals surface area contributed by atoms with Crippen LogP contribution < -0.4 is 15.8 Å². The number of rotatable bonds is 6. The number of nitrogens with one attached hydrogen (secondary N) is 1. The van der Waals surface area contributed by atoms with Crippen molar-refractivity contribution in [1.82, 2.24) is 5.32 Å². The van der Waals surface area contributed by atoms with E-state index in [9.17, 15) is 4.79 Å². The molecule has 1 unspecified atom stereocenters. The highest BCUT2D eigenvalue weighted by Gasteiger charge is 2.18. The summed E-state index contributed by atoms with van der Waals surface area (Å²) < 4.78 is 5.12. The SMILES string of the molecule is COc1ccsc1C(=O)NC(CN)CC(C)C. The van der Waals surface area contributed by atoms with Crippen molar-refractivity contribution < 1.29 is 9.53 Å². The molecule has 0 aliphatic carbocycles. The van der Waals surface area contributed by atoms with E-state index in [1.807, 2.05) is 5.38 Å². The van der Waals surface area contributed by atoms with Crippen LogP contribution in [0, 0.1) is 5.92 Å². The fraction of sp³-hybridized carbons (Fsp3) is 0.583. The first kappa shape index (κ1) is 14.0. The number of hydrogen-bond donors (Lipinski definition) is 2. The molecule has 1 rings (SSSR count). The fourth-order valence-electron chi connectivity index (χ4n) is 1.66. The van der Waals surface area contributed by atoms with Crippen molar-refractivity contribution in [3.8, 4) is 5.75 Å². The Morgan fingerprint density at radius 1 is 1.59 bits per heavy atom. The van der Waals surface area contributed by atoms with Gasteiger partial charge in [0.05, 0.1) is 7.11 Å². The summed E-state index contributed by atoms with van der Waals surface area (Å²) in [6.07, 6.45) is 0.885. The van der Waals surface area contributed by atoms with Crippen LogP contribution in [0.5, 0.6) is 5.75 Å². The molecule has 3 N–H and O–H groups in total. The molecule has 0 saturated carbocycles. The van der Waals surface area contributed by atoms with E-state index in [1.54, 1.807) is 13.2 Å². The first-order valence-corrected chi connectivity index (χ1v) is 6.58. The molecule has 0 bridgehead atoms. The lowest BCUT2D eigenvalue weighted by Crippen LogP contribution is -2.40. The van der Waals surface area contributed by atoms with E-state index in [0.717, 1.165) is 6.42 Å². The summed E-state index contributed by atoms with van der Waals surface area (Å²) in [4.78, 5) is 12.6. The Bertz CT molecular complexity index is 363. The Morgan fingerprint density at radius 2 is 2.29 bits per heavy atom. The molecule has 1 atom stereocenters. The number of carbonyl (C=O) groups excluding carboxylic acids is 1. The molecular formula is C12H20N2O2S. The molecule has 0 radical (unpaired) electrons. The van der Waals surface area contributed by atoms with E-state index < -0.39 is 0 Å². The van der Waals surface area contributed by atoms with Crippen molar-refractivity contribution in [2.24, 2.45) is 11.7 Å². The molecule has 96 valence electrons. The lowest BCUT2D eigenvalue weighted by atomic mass is 10.0. The maximum Gasteiger partial charge on any atom is 0.265 e. The van der Waals surface area contributed by atoms with Crippen LogP contribution in [0.2, 0.25) is 0 Å². The minimum Gasteiger partial charge on any atom is -0.495 e. The lowest BCUT2D eigenvalue weighted by molar-refractivity contribution is 0.0935. The number of ether oxygens (including phenoxy) is 1. The van der Waals surface area contributed by atoms with Crippen LogP contribution >= 0.6 is 11.3 Å². The van der Waals surface area contributed by atoms with E-state index in [-0.39, 0.29) is 11.9 Å². The smallest absolute Gasteiger partial charge is 0.265 e. The number of nitrogens with two attached hydrogens (primary N) is 1. The molecule has 1 amide bonds. The van der Waals surface area contributed by atoms with Gasteiger partial charge in [-0.15, -0.1) is 11.3 Å². The average Bonchev–Trinajstić information content (AvgIpc) is 2.75. The van der Waals surface area contributed by atoms with Gasteiger partial charge in [-0.2, -0.15) is 0 Å². The third kappa shape index (κ3) is 4.02. The fourth-order valence-corrected chi connectivity index (χ4v) is 2.42. The molecule has 5 heteroatoms. The van der Waals surface area contributed by atoms with Gasteiger partial charge in [0.2, 0.25) is 0 Å². The molecule has 0 aliphatic rings. The van der Waals surface area contributed by atoms with E-state index in [0.29, 0.717) is 23.1 Å². The first-order chi connectivity index (χ1) is 8.08. The first-order valence-electron chi connectivity index (χ1n) is 5.70. The molecule has 1 heterocycles. The topological polar surface area (TPSA) is 64.3 Å². The van der Waals surface area contributed by atoms with E-state index >= 15 is 0 Å². The van der Waals surface area contributed by atoms with Gasteiger partial charge in [0.25, 0.3) is 5.91 Å². The van der Waals surface area contributed by atoms with Gasteiger partial charge in [0.15, 0.2) is 0 Å². The summed E-state index contributed by atoms with van der Waals surface area (Å²) in [5.41, 5.74) is 5.65. The molecule has 4 nitrogen and oxygen atoms in total. The van der Waals surface area contributed by atoms with Crippen molar-refractivity contribution in [3.05, 3.63) is 16.3 Å². The zero-order valence-corrected chi connectivity index (χ0v) is 11.3. The predicted octanol–water partition coefficient (Wildman–Crippen LogP) is 1.86. The Morgan fingerprint density at radius 3 is 2.82 bits per heavy atom. The summed E-state index contributed by atoms with van der Waals surface area (Å²) >= 11 is 1.38. The second-order valence-corrected chi connectivity index (χ2v) is 5.27. The molecule has 0 aliphatic heterocycles. The van der Waals surface area contributed by atoms with E-state index in [4.69, 9.17) is 10.5 Å². The summed E-state index contributed by atoms with van der Waals surface area (Å²) in [5, 5.41) is 4.78. The Labute approximate surface area is 106 Å². The molecule has 0 saturated heterocycles. The summed E-state index contributed by atoms with van der Waals surface area (Å²) in [6, 6.07) is 1.81. The Balaban J connectivity index is 2.64. The third-order valence-corrected chi connectivity index (χ3v) is 3.33. The van der Waals surface area contributed by atoms with Gasteiger partial charge in [0.1, 0.15) is 10.6 Å². The Kier molecular flexibility index (Phi) is 5.44. The molecular weight excluding hydrogens is 236 g/mol. The van der Waals surface area contributed by atoms with Crippen molar-refractivity contribution in [2.45, 2.75) is 26.3 Å². The van der Waals surface area contributed by atoms with Crippen LogP contribution in [0.1, 0.15) is 29.9 Å². The molecule has 0 aromatic carbocycles. The molecule has 0 spiro atoms. The second kappa shape index (κ2) is 6.61. The normalized spacial score (nSPS) is 12.5. The van der Waals surface area contributed by atoms with Crippen LogP contribution in [0.3, 0.4) is 0 Å².